The fourth-order valence-electron chi connectivity index (χ4n) is 1.81. The van der Waals surface area contributed by atoms with Crippen LogP contribution in [0.4, 0.5) is 13.2 Å². The van der Waals surface area contributed by atoms with E-state index in [1.807, 2.05) is 13.8 Å². The molecule has 1 unspecified atom stereocenters. The number of hydrogen-bond acceptors (Lipinski definition) is 3. The van der Waals surface area contributed by atoms with Crippen LogP contribution in [0.1, 0.15) is 50.7 Å². The van der Waals surface area contributed by atoms with Gasteiger partial charge in [-0.15, -0.1) is 0 Å². The van der Waals surface area contributed by atoms with Crippen molar-refractivity contribution >= 4 is 0 Å². The molecular weight excluding hydrogens is 221 g/mol. The van der Waals surface area contributed by atoms with Crippen LogP contribution in [0.3, 0.4) is 0 Å². The second-order valence-electron chi connectivity index (χ2n) is 4.61. The highest BCUT2D eigenvalue weighted by Gasteiger charge is 2.53. The first-order chi connectivity index (χ1) is 7.32. The van der Waals surface area contributed by atoms with Gasteiger partial charge in [0.05, 0.1) is 6.42 Å². The molecule has 0 radical (unpaired) electrons. The lowest BCUT2D eigenvalue weighted by Crippen LogP contribution is -2.21. The van der Waals surface area contributed by atoms with E-state index in [4.69, 9.17) is 4.52 Å². The highest BCUT2D eigenvalue weighted by atomic mass is 19.3. The molecule has 0 aliphatic heterocycles. The number of hydrogen-bond donors (Lipinski definition) is 0. The Labute approximate surface area is 91.0 Å². The maximum atomic E-state index is 14.2. The second kappa shape index (κ2) is 3.46. The van der Waals surface area contributed by atoms with Gasteiger partial charge in [0.2, 0.25) is 11.7 Å². The van der Waals surface area contributed by atoms with Crippen LogP contribution in [0.25, 0.3) is 0 Å². The molecular formula is C10H13F3N2O. The largest absolute Gasteiger partial charge is 0.339 e. The second-order valence-corrected chi connectivity index (χ2v) is 4.61. The molecule has 1 saturated carbocycles. The van der Waals surface area contributed by atoms with Crippen LogP contribution in [-0.2, 0) is 5.67 Å². The van der Waals surface area contributed by atoms with E-state index in [2.05, 4.69) is 10.1 Å². The molecule has 0 saturated heterocycles. The smallest absolute Gasteiger partial charge is 0.251 e. The molecule has 0 spiro atoms. The van der Waals surface area contributed by atoms with Crippen LogP contribution in [0, 0.1) is 0 Å². The topological polar surface area (TPSA) is 38.9 Å². The van der Waals surface area contributed by atoms with E-state index < -0.39 is 24.4 Å². The Kier molecular flexibility index (Phi) is 2.47. The fraction of sp³-hybridized carbons (Fsp3) is 0.800. The summed E-state index contributed by atoms with van der Waals surface area (Å²) < 4.78 is 44.9. The molecule has 0 aromatic carbocycles. The van der Waals surface area contributed by atoms with E-state index in [-0.39, 0.29) is 24.1 Å². The highest BCUT2D eigenvalue weighted by Crippen LogP contribution is 2.49. The lowest BCUT2D eigenvalue weighted by Gasteiger charge is -2.14. The zero-order valence-electron chi connectivity index (χ0n) is 9.14. The Morgan fingerprint density at radius 3 is 2.38 bits per heavy atom. The van der Waals surface area contributed by atoms with Gasteiger partial charge in [-0.3, -0.25) is 0 Å². The lowest BCUT2D eigenvalue weighted by molar-refractivity contribution is -0.0121. The van der Waals surface area contributed by atoms with E-state index in [9.17, 15) is 13.2 Å². The first-order valence-corrected chi connectivity index (χ1v) is 5.23. The zero-order valence-corrected chi connectivity index (χ0v) is 9.14. The molecule has 90 valence electrons. The molecule has 6 heteroatoms. The summed E-state index contributed by atoms with van der Waals surface area (Å²) >= 11 is 0. The predicted molar refractivity (Wildman–Crippen MR) is 50.0 cm³/mol. The van der Waals surface area contributed by atoms with E-state index in [0.29, 0.717) is 0 Å². The van der Waals surface area contributed by atoms with Crippen molar-refractivity contribution in [2.24, 2.45) is 0 Å². The molecule has 1 aromatic rings. The van der Waals surface area contributed by atoms with Gasteiger partial charge in [0.1, 0.15) is 0 Å². The summed E-state index contributed by atoms with van der Waals surface area (Å²) in [6.07, 6.45) is -1.57. The SMILES string of the molecule is CC(C)c1nc(C2(F)CCC(F)(F)C2)no1. The molecule has 1 fully saturated rings. The minimum absolute atomic E-state index is 0.0354. The van der Waals surface area contributed by atoms with Gasteiger partial charge in [0.25, 0.3) is 5.92 Å². The van der Waals surface area contributed by atoms with Crippen LogP contribution < -0.4 is 0 Å². The van der Waals surface area contributed by atoms with Crippen molar-refractivity contribution in [1.82, 2.24) is 10.1 Å². The van der Waals surface area contributed by atoms with Crippen LogP contribution in [0.2, 0.25) is 0 Å². The molecule has 1 aliphatic carbocycles. The Bertz CT molecular complexity index is 391. The maximum absolute atomic E-state index is 14.2. The Balaban J connectivity index is 2.24. The molecule has 0 N–H and O–H groups in total. The van der Waals surface area contributed by atoms with Crippen molar-refractivity contribution in [2.75, 3.05) is 0 Å². The standard InChI is InChI=1S/C10H13F3N2O/c1-6(2)7-14-8(15-16-7)9(11)3-4-10(12,13)5-9/h6H,3-5H2,1-2H3. The Hall–Kier alpha value is -1.07. The number of rotatable bonds is 2. The fourth-order valence-corrected chi connectivity index (χ4v) is 1.81. The third-order valence-corrected chi connectivity index (χ3v) is 2.76. The first-order valence-electron chi connectivity index (χ1n) is 5.23. The van der Waals surface area contributed by atoms with Crippen molar-refractivity contribution in [3.8, 4) is 0 Å². The first kappa shape index (κ1) is 11.4. The van der Waals surface area contributed by atoms with Gasteiger partial charge < -0.3 is 4.52 Å². The Morgan fingerprint density at radius 2 is 1.94 bits per heavy atom. The van der Waals surface area contributed by atoms with E-state index in [0.717, 1.165) is 0 Å². The summed E-state index contributed by atoms with van der Waals surface area (Å²) in [5.41, 5.74) is -2.14. The lowest BCUT2D eigenvalue weighted by atomic mass is 10.0. The molecule has 2 rings (SSSR count). The van der Waals surface area contributed by atoms with Gasteiger partial charge in [-0.1, -0.05) is 19.0 Å². The molecule has 0 bridgehead atoms. The minimum Gasteiger partial charge on any atom is -0.339 e. The van der Waals surface area contributed by atoms with Crippen molar-refractivity contribution in [3.05, 3.63) is 11.7 Å². The predicted octanol–water partition coefficient (Wildman–Crippen LogP) is 3.18. The van der Waals surface area contributed by atoms with Crippen molar-refractivity contribution < 1.29 is 17.7 Å². The molecule has 3 nitrogen and oxygen atoms in total. The normalized spacial score (nSPS) is 28.9. The van der Waals surface area contributed by atoms with Gasteiger partial charge in [-0.05, 0) is 6.42 Å². The summed E-state index contributed by atoms with van der Waals surface area (Å²) in [4.78, 5) is 3.84. The Morgan fingerprint density at radius 1 is 1.25 bits per heavy atom. The summed E-state index contributed by atoms with van der Waals surface area (Å²) in [6, 6.07) is 0. The number of nitrogens with zero attached hydrogens (tertiary/aromatic N) is 2. The molecule has 0 amide bonds. The van der Waals surface area contributed by atoms with Gasteiger partial charge in [-0.2, -0.15) is 4.98 Å². The average molecular weight is 234 g/mol. The highest BCUT2D eigenvalue weighted by molar-refractivity contribution is 5.08. The quantitative estimate of drug-likeness (QED) is 0.788. The average Bonchev–Trinajstić information content (AvgIpc) is 2.71. The summed E-state index contributed by atoms with van der Waals surface area (Å²) in [6.45, 7) is 3.62. The van der Waals surface area contributed by atoms with Crippen molar-refractivity contribution in [2.45, 2.75) is 50.6 Å². The molecule has 1 aliphatic rings. The van der Waals surface area contributed by atoms with E-state index >= 15 is 0 Å². The summed E-state index contributed by atoms with van der Waals surface area (Å²) in [5.74, 6) is -2.96. The summed E-state index contributed by atoms with van der Waals surface area (Å²) in [5, 5.41) is 3.46. The van der Waals surface area contributed by atoms with Crippen LogP contribution >= 0.6 is 0 Å². The zero-order chi connectivity index (χ0) is 12.0. The van der Waals surface area contributed by atoms with Crippen molar-refractivity contribution in [3.63, 3.8) is 0 Å². The summed E-state index contributed by atoms with van der Waals surface area (Å²) in [7, 11) is 0. The third kappa shape index (κ3) is 1.92. The minimum atomic E-state index is -2.96. The molecule has 16 heavy (non-hydrogen) atoms. The number of alkyl halides is 3. The van der Waals surface area contributed by atoms with Crippen LogP contribution in [0.15, 0.2) is 4.52 Å². The van der Waals surface area contributed by atoms with Gasteiger partial charge in [0, 0.05) is 12.3 Å². The van der Waals surface area contributed by atoms with Gasteiger partial charge in [-0.25, -0.2) is 13.2 Å². The number of aromatic nitrogens is 2. The van der Waals surface area contributed by atoms with Crippen LogP contribution in [-0.4, -0.2) is 16.1 Å². The molecule has 1 heterocycles. The number of halogens is 3. The van der Waals surface area contributed by atoms with E-state index in [1.165, 1.54) is 0 Å². The third-order valence-electron chi connectivity index (χ3n) is 2.76. The van der Waals surface area contributed by atoms with Crippen molar-refractivity contribution in [1.29, 1.82) is 0 Å². The van der Waals surface area contributed by atoms with Gasteiger partial charge in [0.15, 0.2) is 5.67 Å². The van der Waals surface area contributed by atoms with E-state index in [1.54, 1.807) is 0 Å². The molecule has 1 aromatic heterocycles. The van der Waals surface area contributed by atoms with Gasteiger partial charge >= 0.3 is 0 Å². The van der Waals surface area contributed by atoms with Crippen LogP contribution in [0.5, 0.6) is 0 Å². The monoisotopic (exact) mass is 234 g/mol. The molecule has 1 atom stereocenters. The maximum Gasteiger partial charge on any atom is 0.251 e.